The monoisotopic (exact) mass is 315 g/mol. The molecule has 1 nitrogen and oxygen atoms in total. The van der Waals surface area contributed by atoms with Gasteiger partial charge in [-0.25, -0.2) is 0 Å². The summed E-state index contributed by atoms with van der Waals surface area (Å²) in [5.41, 5.74) is 11.5. The normalized spacial score (nSPS) is 13.2. The molecule has 0 aliphatic carbocycles. The van der Waals surface area contributed by atoms with Gasteiger partial charge in [0.1, 0.15) is 0 Å². The molecule has 0 aromatic heterocycles. The molecular formula is C20H26ClN. The highest BCUT2D eigenvalue weighted by Gasteiger charge is 2.18. The molecule has 0 saturated carbocycles. The van der Waals surface area contributed by atoms with Crippen LogP contribution >= 0.6 is 11.6 Å². The van der Waals surface area contributed by atoms with E-state index in [-0.39, 0.29) is 5.41 Å². The molecule has 0 radical (unpaired) electrons. The lowest BCUT2D eigenvalue weighted by molar-refractivity contribution is 0.586. The first-order valence-electron chi connectivity index (χ1n) is 7.87. The fraction of sp³-hybridized carbons (Fsp3) is 0.400. The Morgan fingerprint density at radius 1 is 1.09 bits per heavy atom. The molecular weight excluding hydrogens is 290 g/mol. The molecule has 1 unspecified atom stereocenters. The van der Waals surface area contributed by atoms with E-state index in [1.165, 1.54) is 22.3 Å². The number of rotatable bonds is 4. The van der Waals surface area contributed by atoms with Crippen LogP contribution in [-0.2, 0) is 11.8 Å². The zero-order valence-corrected chi connectivity index (χ0v) is 14.7. The van der Waals surface area contributed by atoms with E-state index in [1.54, 1.807) is 0 Å². The Hall–Kier alpha value is -1.31. The van der Waals surface area contributed by atoms with Gasteiger partial charge in [-0.15, -0.1) is 0 Å². The van der Waals surface area contributed by atoms with Gasteiger partial charge in [0.2, 0.25) is 0 Å². The summed E-state index contributed by atoms with van der Waals surface area (Å²) in [6, 6.07) is 14.8. The van der Waals surface area contributed by atoms with Crippen LogP contribution in [0, 0.1) is 6.92 Å². The summed E-state index contributed by atoms with van der Waals surface area (Å²) in [6.45, 7) is 9.55. The maximum Gasteiger partial charge on any atom is 0.0408 e. The van der Waals surface area contributed by atoms with E-state index in [0.717, 1.165) is 11.4 Å². The topological polar surface area (TPSA) is 26.0 Å². The summed E-state index contributed by atoms with van der Waals surface area (Å²) in [5, 5.41) is 0.786. The van der Waals surface area contributed by atoms with E-state index < -0.39 is 0 Å². The fourth-order valence-electron chi connectivity index (χ4n) is 2.82. The molecule has 0 spiro atoms. The predicted molar refractivity (Wildman–Crippen MR) is 96.8 cm³/mol. The highest BCUT2D eigenvalue weighted by Crippen LogP contribution is 2.30. The van der Waals surface area contributed by atoms with Gasteiger partial charge < -0.3 is 5.73 Å². The maximum atomic E-state index is 6.10. The zero-order valence-electron chi connectivity index (χ0n) is 14.0. The second kappa shape index (κ2) is 6.85. The average molecular weight is 316 g/mol. The second-order valence-electron chi connectivity index (χ2n) is 7.09. The van der Waals surface area contributed by atoms with Crippen molar-refractivity contribution in [2.45, 2.75) is 45.4 Å². The molecule has 0 amide bonds. The molecule has 0 bridgehead atoms. The summed E-state index contributed by atoms with van der Waals surface area (Å²) in [5.74, 6) is 0.320. The van der Waals surface area contributed by atoms with Gasteiger partial charge in [0.15, 0.2) is 0 Å². The molecule has 22 heavy (non-hydrogen) atoms. The predicted octanol–water partition coefficient (Wildman–Crippen LogP) is 5.23. The molecule has 0 fully saturated rings. The third kappa shape index (κ3) is 4.12. The van der Waals surface area contributed by atoms with Crippen LogP contribution < -0.4 is 5.73 Å². The third-order valence-corrected chi connectivity index (χ3v) is 4.48. The van der Waals surface area contributed by atoms with Crippen molar-refractivity contribution in [3.05, 3.63) is 69.7 Å². The highest BCUT2D eigenvalue weighted by molar-refractivity contribution is 6.30. The van der Waals surface area contributed by atoms with Gasteiger partial charge in [-0.05, 0) is 59.7 Å². The molecule has 2 aromatic carbocycles. The van der Waals surface area contributed by atoms with Crippen LogP contribution in [0.1, 0.15) is 48.9 Å². The summed E-state index contributed by atoms with van der Waals surface area (Å²) in [7, 11) is 0. The highest BCUT2D eigenvalue weighted by atomic mass is 35.5. The zero-order chi connectivity index (χ0) is 16.3. The minimum Gasteiger partial charge on any atom is -0.330 e. The van der Waals surface area contributed by atoms with Crippen LogP contribution in [-0.4, -0.2) is 6.54 Å². The number of benzene rings is 2. The molecule has 2 N–H and O–H groups in total. The van der Waals surface area contributed by atoms with Gasteiger partial charge in [-0.1, -0.05) is 62.7 Å². The molecule has 2 rings (SSSR count). The Bertz CT molecular complexity index is 640. The molecule has 2 aromatic rings. The van der Waals surface area contributed by atoms with Crippen LogP contribution in [0.5, 0.6) is 0 Å². The van der Waals surface area contributed by atoms with Crippen LogP contribution in [0.25, 0.3) is 0 Å². The van der Waals surface area contributed by atoms with Gasteiger partial charge in [0.05, 0.1) is 0 Å². The van der Waals surface area contributed by atoms with Crippen LogP contribution in [0.3, 0.4) is 0 Å². The van der Waals surface area contributed by atoms with E-state index in [2.05, 4.69) is 52.0 Å². The molecule has 0 aliphatic heterocycles. The van der Waals surface area contributed by atoms with Crippen molar-refractivity contribution in [2.24, 2.45) is 5.73 Å². The first-order valence-corrected chi connectivity index (χ1v) is 8.24. The van der Waals surface area contributed by atoms with Gasteiger partial charge >= 0.3 is 0 Å². The van der Waals surface area contributed by atoms with Crippen LogP contribution in [0.2, 0.25) is 5.02 Å². The minimum atomic E-state index is 0.150. The Balaban J connectivity index is 2.34. The molecule has 0 saturated heterocycles. The average Bonchev–Trinajstić information content (AvgIpc) is 2.44. The van der Waals surface area contributed by atoms with Crippen molar-refractivity contribution < 1.29 is 0 Å². The van der Waals surface area contributed by atoms with E-state index in [1.807, 2.05) is 18.2 Å². The quantitative estimate of drug-likeness (QED) is 0.821. The van der Waals surface area contributed by atoms with E-state index >= 15 is 0 Å². The van der Waals surface area contributed by atoms with Crippen LogP contribution in [0.15, 0.2) is 42.5 Å². The number of aryl methyl sites for hydroxylation is 1. The number of nitrogens with two attached hydrogens (primary N) is 1. The first kappa shape index (κ1) is 17.1. The molecule has 118 valence electrons. The van der Waals surface area contributed by atoms with Gasteiger partial charge in [-0.3, -0.25) is 0 Å². The molecule has 0 aliphatic rings. The number of hydrogen-bond donors (Lipinski definition) is 1. The third-order valence-electron chi connectivity index (χ3n) is 4.24. The van der Waals surface area contributed by atoms with Crippen molar-refractivity contribution in [3.63, 3.8) is 0 Å². The van der Waals surface area contributed by atoms with Crippen molar-refractivity contribution in [3.8, 4) is 0 Å². The summed E-state index contributed by atoms with van der Waals surface area (Å²) in [4.78, 5) is 0. The van der Waals surface area contributed by atoms with Gasteiger partial charge in [0, 0.05) is 10.9 Å². The minimum absolute atomic E-state index is 0.150. The SMILES string of the molecule is Cc1ccc(C(C)(C)C)cc1C(CN)Cc1cccc(Cl)c1. The maximum absolute atomic E-state index is 6.10. The summed E-state index contributed by atoms with van der Waals surface area (Å²) < 4.78 is 0. The first-order chi connectivity index (χ1) is 10.3. The lowest BCUT2D eigenvalue weighted by Crippen LogP contribution is -2.18. The lowest BCUT2D eigenvalue weighted by Gasteiger charge is -2.24. The number of halogens is 1. The summed E-state index contributed by atoms with van der Waals surface area (Å²) >= 11 is 6.10. The van der Waals surface area contributed by atoms with E-state index in [9.17, 15) is 0 Å². The van der Waals surface area contributed by atoms with Crippen molar-refractivity contribution in [2.75, 3.05) is 6.54 Å². The Morgan fingerprint density at radius 2 is 1.82 bits per heavy atom. The van der Waals surface area contributed by atoms with E-state index in [4.69, 9.17) is 17.3 Å². The Kier molecular flexibility index (Phi) is 5.31. The Labute approximate surface area is 139 Å². The van der Waals surface area contributed by atoms with Crippen molar-refractivity contribution in [1.82, 2.24) is 0 Å². The molecule has 2 heteroatoms. The fourth-order valence-corrected chi connectivity index (χ4v) is 3.03. The van der Waals surface area contributed by atoms with Crippen molar-refractivity contribution in [1.29, 1.82) is 0 Å². The Morgan fingerprint density at radius 3 is 2.41 bits per heavy atom. The smallest absolute Gasteiger partial charge is 0.0408 e. The lowest BCUT2D eigenvalue weighted by atomic mass is 9.81. The van der Waals surface area contributed by atoms with Crippen LogP contribution in [0.4, 0.5) is 0 Å². The standard InChI is InChI=1S/C20H26ClN/c1-14-8-9-17(20(2,3)4)12-19(14)16(13-22)10-15-6-5-7-18(21)11-15/h5-9,11-12,16H,10,13,22H2,1-4H3. The van der Waals surface area contributed by atoms with Gasteiger partial charge in [-0.2, -0.15) is 0 Å². The largest absolute Gasteiger partial charge is 0.330 e. The second-order valence-corrected chi connectivity index (χ2v) is 7.52. The van der Waals surface area contributed by atoms with E-state index in [0.29, 0.717) is 12.5 Å². The summed E-state index contributed by atoms with van der Waals surface area (Å²) in [6.07, 6.45) is 0.922. The molecule has 1 atom stereocenters. The van der Waals surface area contributed by atoms with Gasteiger partial charge in [0.25, 0.3) is 0 Å². The molecule has 0 heterocycles. The van der Waals surface area contributed by atoms with Crippen molar-refractivity contribution >= 4 is 11.6 Å². The number of hydrogen-bond acceptors (Lipinski definition) is 1.